The molecule has 0 atom stereocenters. The molecule has 0 bridgehead atoms. The molecule has 114 valence electrons. The summed E-state index contributed by atoms with van der Waals surface area (Å²) < 4.78 is 13.0. The number of hydrogen-bond donors (Lipinski definition) is 1. The standard InChI is InChI=1S/C18H17ClFNO/c19-15-3-1-2-13(12-15)8-11-21-17(22)18(9-10-18)14-4-6-16(20)7-5-14/h1-7,12H,8-11H2,(H,21,22). The number of carbonyl (C=O) groups is 1. The van der Waals surface area contributed by atoms with E-state index in [0.717, 1.165) is 30.4 Å². The average molecular weight is 318 g/mol. The van der Waals surface area contributed by atoms with Crippen molar-refractivity contribution in [1.29, 1.82) is 0 Å². The summed E-state index contributed by atoms with van der Waals surface area (Å²) in [4.78, 5) is 12.4. The summed E-state index contributed by atoms with van der Waals surface area (Å²) in [5, 5.41) is 3.69. The first-order valence-electron chi connectivity index (χ1n) is 7.39. The van der Waals surface area contributed by atoms with Crippen molar-refractivity contribution < 1.29 is 9.18 Å². The molecule has 0 heterocycles. The first-order chi connectivity index (χ1) is 10.6. The van der Waals surface area contributed by atoms with E-state index in [4.69, 9.17) is 11.6 Å². The van der Waals surface area contributed by atoms with Crippen LogP contribution >= 0.6 is 11.6 Å². The first kappa shape index (κ1) is 15.0. The zero-order chi connectivity index (χ0) is 15.6. The second kappa shape index (κ2) is 6.09. The Labute approximate surface area is 134 Å². The zero-order valence-corrected chi connectivity index (χ0v) is 12.9. The van der Waals surface area contributed by atoms with E-state index in [-0.39, 0.29) is 11.7 Å². The van der Waals surface area contributed by atoms with E-state index < -0.39 is 5.41 Å². The Morgan fingerprint density at radius 2 is 1.91 bits per heavy atom. The third-order valence-electron chi connectivity index (χ3n) is 4.17. The van der Waals surface area contributed by atoms with Gasteiger partial charge in [0.1, 0.15) is 5.82 Å². The van der Waals surface area contributed by atoms with E-state index in [9.17, 15) is 9.18 Å². The molecule has 2 nitrogen and oxygen atoms in total. The fourth-order valence-electron chi connectivity index (χ4n) is 2.72. The van der Waals surface area contributed by atoms with Crippen LogP contribution in [0.2, 0.25) is 5.02 Å². The Balaban J connectivity index is 1.59. The molecule has 0 aromatic heterocycles. The van der Waals surface area contributed by atoms with Crippen molar-refractivity contribution in [3.63, 3.8) is 0 Å². The first-order valence-corrected chi connectivity index (χ1v) is 7.77. The topological polar surface area (TPSA) is 29.1 Å². The molecular weight excluding hydrogens is 301 g/mol. The highest BCUT2D eigenvalue weighted by molar-refractivity contribution is 6.30. The maximum absolute atomic E-state index is 13.0. The van der Waals surface area contributed by atoms with E-state index in [1.165, 1.54) is 12.1 Å². The molecule has 0 unspecified atom stereocenters. The van der Waals surface area contributed by atoms with Crippen LogP contribution in [-0.4, -0.2) is 12.5 Å². The minimum Gasteiger partial charge on any atom is -0.355 e. The van der Waals surface area contributed by atoms with Gasteiger partial charge in [-0.2, -0.15) is 0 Å². The van der Waals surface area contributed by atoms with Crippen LogP contribution in [0.3, 0.4) is 0 Å². The lowest BCUT2D eigenvalue weighted by Gasteiger charge is -2.16. The van der Waals surface area contributed by atoms with Crippen LogP contribution in [0, 0.1) is 5.82 Å². The summed E-state index contributed by atoms with van der Waals surface area (Å²) >= 11 is 5.94. The Bertz CT molecular complexity index is 680. The molecular formula is C18H17ClFNO. The second-order valence-corrected chi connectivity index (χ2v) is 6.16. The Kier molecular flexibility index (Phi) is 4.16. The molecule has 1 saturated carbocycles. The highest BCUT2D eigenvalue weighted by Gasteiger charge is 2.50. The molecule has 3 rings (SSSR count). The van der Waals surface area contributed by atoms with Crippen molar-refractivity contribution >= 4 is 17.5 Å². The van der Waals surface area contributed by atoms with Crippen LogP contribution in [0.4, 0.5) is 4.39 Å². The molecule has 1 N–H and O–H groups in total. The molecule has 1 fully saturated rings. The van der Waals surface area contributed by atoms with Gasteiger partial charge in [-0.05, 0) is 54.7 Å². The predicted octanol–water partition coefficient (Wildman–Crippen LogP) is 3.87. The molecule has 1 aliphatic rings. The fourth-order valence-corrected chi connectivity index (χ4v) is 2.94. The number of nitrogens with one attached hydrogen (secondary N) is 1. The van der Waals surface area contributed by atoms with Crippen molar-refractivity contribution in [1.82, 2.24) is 5.32 Å². The lowest BCUT2D eigenvalue weighted by Crippen LogP contribution is -2.35. The summed E-state index contributed by atoms with van der Waals surface area (Å²) in [6.07, 6.45) is 2.38. The van der Waals surface area contributed by atoms with Gasteiger partial charge >= 0.3 is 0 Å². The lowest BCUT2D eigenvalue weighted by atomic mass is 9.95. The maximum Gasteiger partial charge on any atom is 0.230 e. The molecule has 0 radical (unpaired) electrons. The number of amides is 1. The fraction of sp³-hybridized carbons (Fsp3) is 0.278. The van der Waals surface area contributed by atoms with Crippen molar-refractivity contribution in [2.45, 2.75) is 24.7 Å². The van der Waals surface area contributed by atoms with Gasteiger partial charge in [-0.15, -0.1) is 0 Å². The minimum absolute atomic E-state index is 0.0288. The van der Waals surface area contributed by atoms with Gasteiger partial charge in [0, 0.05) is 11.6 Å². The Hall–Kier alpha value is -1.87. The van der Waals surface area contributed by atoms with Crippen LogP contribution in [0.25, 0.3) is 0 Å². The van der Waals surface area contributed by atoms with Crippen molar-refractivity contribution in [3.05, 3.63) is 70.5 Å². The van der Waals surface area contributed by atoms with Gasteiger partial charge in [-0.1, -0.05) is 35.9 Å². The van der Waals surface area contributed by atoms with Gasteiger partial charge in [0.05, 0.1) is 5.41 Å². The molecule has 22 heavy (non-hydrogen) atoms. The largest absolute Gasteiger partial charge is 0.355 e. The molecule has 0 spiro atoms. The van der Waals surface area contributed by atoms with Crippen LogP contribution in [0.1, 0.15) is 24.0 Å². The van der Waals surface area contributed by atoms with E-state index in [1.807, 2.05) is 24.3 Å². The summed E-state index contributed by atoms with van der Waals surface area (Å²) in [5.74, 6) is -0.248. The number of hydrogen-bond acceptors (Lipinski definition) is 1. The van der Waals surface area contributed by atoms with Crippen LogP contribution < -0.4 is 5.32 Å². The van der Waals surface area contributed by atoms with Crippen LogP contribution in [-0.2, 0) is 16.6 Å². The van der Waals surface area contributed by atoms with Gasteiger partial charge in [0.15, 0.2) is 0 Å². The quantitative estimate of drug-likeness (QED) is 0.891. The van der Waals surface area contributed by atoms with Gasteiger partial charge in [-0.25, -0.2) is 4.39 Å². The van der Waals surface area contributed by atoms with Crippen molar-refractivity contribution in [2.24, 2.45) is 0 Å². The highest BCUT2D eigenvalue weighted by atomic mass is 35.5. The molecule has 0 aliphatic heterocycles. The molecule has 0 saturated heterocycles. The zero-order valence-electron chi connectivity index (χ0n) is 12.1. The Morgan fingerprint density at radius 1 is 1.18 bits per heavy atom. The number of benzene rings is 2. The third-order valence-corrected chi connectivity index (χ3v) is 4.40. The lowest BCUT2D eigenvalue weighted by molar-refractivity contribution is -0.123. The van der Waals surface area contributed by atoms with Gasteiger partial charge in [0.2, 0.25) is 5.91 Å². The van der Waals surface area contributed by atoms with Gasteiger partial charge < -0.3 is 5.32 Å². The van der Waals surface area contributed by atoms with Gasteiger partial charge in [-0.3, -0.25) is 4.79 Å². The summed E-state index contributed by atoms with van der Waals surface area (Å²) in [6, 6.07) is 13.9. The average Bonchev–Trinajstić information content (AvgIpc) is 3.30. The van der Waals surface area contributed by atoms with E-state index >= 15 is 0 Å². The van der Waals surface area contributed by atoms with Crippen LogP contribution in [0.5, 0.6) is 0 Å². The summed E-state index contributed by atoms with van der Waals surface area (Å²) in [5.41, 5.74) is 1.54. The highest BCUT2D eigenvalue weighted by Crippen LogP contribution is 2.48. The van der Waals surface area contributed by atoms with Crippen molar-refractivity contribution in [2.75, 3.05) is 6.54 Å². The number of halogens is 2. The van der Waals surface area contributed by atoms with Crippen molar-refractivity contribution in [3.8, 4) is 0 Å². The maximum atomic E-state index is 13.0. The Morgan fingerprint density at radius 3 is 2.55 bits per heavy atom. The predicted molar refractivity (Wildman–Crippen MR) is 85.5 cm³/mol. The third kappa shape index (κ3) is 3.14. The molecule has 1 aliphatic carbocycles. The second-order valence-electron chi connectivity index (χ2n) is 5.72. The molecule has 2 aromatic carbocycles. The SMILES string of the molecule is O=C(NCCc1cccc(Cl)c1)C1(c2ccc(F)cc2)CC1. The van der Waals surface area contributed by atoms with E-state index in [1.54, 1.807) is 12.1 Å². The number of carbonyl (C=O) groups excluding carboxylic acids is 1. The normalized spacial score (nSPS) is 15.4. The molecule has 4 heteroatoms. The van der Waals surface area contributed by atoms with E-state index in [2.05, 4.69) is 5.32 Å². The summed E-state index contributed by atoms with van der Waals surface area (Å²) in [6.45, 7) is 0.572. The van der Waals surface area contributed by atoms with Crippen LogP contribution in [0.15, 0.2) is 48.5 Å². The minimum atomic E-state index is -0.456. The monoisotopic (exact) mass is 317 g/mol. The van der Waals surface area contributed by atoms with Gasteiger partial charge in [0.25, 0.3) is 0 Å². The number of rotatable bonds is 5. The smallest absolute Gasteiger partial charge is 0.230 e. The summed E-state index contributed by atoms with van der Waals surface area (Å²) in [7, 11) is 0. The molecule has 2 aromatic rings. The van der Waals surface area contributed by atoms with E-state index in [0.29, 0.717) is 11.6 Å². The molecule has 1 amide bonds.